The van der Waals surface area contributed by atoms with Crippen molar-refractivity contribution in [2.75, 3.05) is 16.8 Å². The van der Waals surface area contributed by atoms with E-state index in [2.05, 4.69) is 10.3 Å². The van der Waals surface area contributed by atoms with Crippen molar-refractivity contribution in [2.45, 2.75) is 26.7 Å². The molecule has 4 nitrogen and oxygen atoms in total. The highest BCUT2D eigenvalue weighted by atomic mass is 35.5. The molecule has 2 aromatic carbocycles. The van der Waals surface area contributed by atoms with Gasteiger partial charge in [0.2, 0.25) is 0 Å². The molecule has 0 aliphatic carbocycles. The summed E-state index contributed by atoms with van der Waals surface area (Å²) in [5.74, 6) is 0.815. The van der Waals surface area contributed by atoms with Gasteiger partial charge < -0.3 is 5.32 Å². The first kappa shape index (κ1) is 16.5. The van der Waals surface area contributed by atoms with Crippen LogP contribution in [0.1, 0.15) is 24.0 Å². The van der Waals surface area contributed by atoms with Crippen LogP contribution in [0.25, 0.3) is 0 Å². The molecule has 5 heteroatoms. The Labute approximate surface area is 147 Å². The van der Waals surface area contributed by atoms with E-state index in [4.69, 9.17) is 11.6 Å². The van der Waals surface area contributed by atoms with Gasteiger partial charge in [0.1, 0.15) is 5.84 Å². The highest BCUT2D eigenvalue weighted by Gasteiger charge is 2.25. The number of benzene rings is 2. The van der Waals surface area contributed by atoms with E-state index in [9.17, 15) is 4.79 Å². The average Bonchev–Trinajstić information content (AvgIpc) is 3.08. The molecular formula is C19H20ClN3O. The third-order valence-corrected chi connectivity index (χ3v) is 4.48. The Bertz CT molecular complexity index is 784. The van der Waals surface area contributed by atoms with Gasteiger partial charge in [0, 0.05) is 23.7 Å². The minimum absolute atomic E-state index is 0.202. The number of halogens is 1. The van der Waals surface area contributed by atoms with E-state index in [0.29, 0.717) is 10.7 Å². The number of carbonyl (C=O) groups excluding carboxylic acids is 1. The maximum atomic E-state index is 12.9. The molecule has 0 fully saturated rings. The van der Waals surface area contributed by atoms with Gasteiger partial charge in [0.05, 0.1) is 5.69 Å². The normalized spacial score (nSPS) is 13.5. The first-order valence-corrected chi connectivity index (χ1v) is 8.40. The fourth-order valence-electron chi connectivity index (χ4n) is 2.76. The van der Waals surface area contributed by atoms with E-state index in [1.807, 2.05) is 32.0 Å². The van der Waals surface area contributed by atoms with Gasteiger partial charge in [-0.1, -0.05) is 23.7 Å². The smallest absolute Gasteiger partial charge is 0.307 e. The number of hydrogen-bond donors (Lipinski definition) is 1. The number of aliphatic imine (C=N–C) groups is 1. The molecule has 2 amide bonds. The third kappa shape index (κ3) is 3.44. The monoisotopic (exact) mass is 341 g/mol. The molecule has 0 saturated heterocycles. The second-order valence-corrected chi connectivity index (χ2v) is 6.33. The Morgan fingerprint density at radius 2 is 1.92 bits per heavy atom. The zero-order chi connectivity index (χ0) is 17.1. The Balaban J connectivity index is 1.94. The summed E-state index contributed by atoms with van der Waals surface area (Å²) in [6.07, 6.45) is 1.78. The van der Waals surface area contributed by atoms with E-state index >= 15 is 0 Å². The average molecular weight is 342 g/mol. The van der Waals surface area contributed by atoms with Crippen LogP contribution in [0.3, 0.4) is 0 Å². The Morgan fingerprint density at radius 1 is 1.17 bits per heavy atom. The van der Waals surface area contributed by atoms with Crippen molar-refractivity contribution in [3.8, 4) is 0 Å². The molecule has 0 atom stereocenters. The van der Waals surface area contributed by atoms with E-state index < -0.39 is 0 Å². The van der Waals surface area contributed by atoms with E-state index in [1.165, 1.54) is 0 Å². The van der Waals surface area contributed by atoms with Gasteiger partial charge in [-0.15, -0.1) is 0 Å². The summed E-state index contributed by atoms with van der Waals surface area (Å²) >= 11 is 5.91. The highest BCUT2D eigenvalue weighted by Crippen LogP contribution is 2.26. The van der Waals surface area contributed by atoms with Crippen molar-refractivity contribution < 1.29 is 4.79 Å². The van der Waals surface area contributed by atoms with Crippen molar-refractivity contribution in [1.82, 2.24) is 0 Å². The second kappa shape index (κ2) is 7.05. The lowest BCUT2D eigenvalue weighted by molar-refractivity contribution is 0.259. The number of hydrogen-bond acceptors (Lipinski definition) is 2. The third-order valence-electron chi connectivity index (χ3n) is 4.23. The predicted octanol–water partition coefficient (Wildman–Crippen LogP) is 5.19. The van der Waals surface area contributed by atoms with Crippen molar-refractivity contribution in [3.63, 3.8) is 0 Å². The summed E-state index contributed by atoms with van der Waals surface area (Å²) in [7, 11) is 0. The number of urea groups is 1. The van der Waals surface area contributed by atoms with Crippen LogP contribution in [0.2, 0.25) is 5.02 Å². The van der Waals surface area contributed by atoms with Gasteiger partial charge in [-0.2, -0.15) is 0 Å². The standard InChI is InChI=1S/C19H20ClN3O/c1-13-5-3-6-17(14(13)2)23(18-7-4-12-21-18)19(24)22-16-10-8-15(20)9-11-16/h3,5-6,8-11H,4,7,12H2,1-2H3,(H,22,24). The second-order valence-electron chi connectivity index (χ2n) is 5.89. The van der Waals surface area contributed by atoms with Gasteiger partial charge in [-0.3, -0.25) is 4.99 Å². The molecule has 1 N–H and O–H groups in total. The molecule has 1 heterocycles. The molecule has 124 valence electrons. The minimum atomic E-state index is -0.202. The topological polar surface area (TPSA) is 44.7 Å². The molecule has 2 aromatic rings. The summed E-state index contributed by atoms with van der Waals surface area (Å²) in [5, 5.41) is 3.58. The Morgan fingerprint density at radius 3 is 2.58 bits per heavy atom. The maximum absolute atomic E-state index is 12.9. The van der Waals surface area contributed by atoms with Gasteiger partial charge in [0.15, 0.2) is 0 Å². The number of nitrogens with zero attached hydrogens (tertiary/aromatic N) is 2. The van der Waals surface area contributed by atoms with E-state index in [1.54, 1.807) is 29.2 Å². The molecule has 0 bridgehead atoms. The van der Waals surface area contributed by atoms with E-state index in [0.717, 1.165) is 42.0 Å². The molecule has 1 aliphatic heterocycles. The molecule has 1 aliphatic rings. The summed E-state index contributed by atoms with van der Waals surface area (Å²) in [4.78, 5) is 19.2. The first-order chi connectivity index (χ1) is 11.6. The number of amidine groups is 1. The summed E-state index contributed by atoms with van der Waals surface area (Å²) < 4.78 is 0. The lowest BCUT2D eigenvalue weighted by atomic mass is 10.1. The summed E-state index contributed by atoms with van der Waals surface area (Å²) in [5.41, 5.74) is 3.81. The quantitative estimate of drug-likeness (QED) is 0.802. The van der Waals surface area contributed by atoms with Gasteiger partial charge in [0.25, 0.3) is 0 Å². The van der Waals surface area contributed by atoms with Crippen LogP contribution in [0.5, 0.6) is 0 Å². The summed E-state index contributed by atoms with van der Waals surface area (Å²) in [6, 6.07) is 12.9. The number of carbonyl (C=O) groups is 1. The van der Waals surface area contributed by atoms with Crippen LogP contribution < -0.4 is 10.2 Å². The maximum Gasteiger partial charge on any atom is 0.331 e. The van der Waals surface area contributed by atoms with Crippen LogP contribution in [-0.2, 0) is 0 Å². The Hall–Kier alpha value is -2.33. The van der Waals surface area contributed by atoms with Gasteiger partial charge in [-0.25, -0.2) is 9.69 Å². The SMILES string of the molecule is Cc1cccc(N(C(=O)Nc2ccc(Cl)cc2)C2=NCCC2)c1C. The largest absolute Gasteiger partial charge is 0.331 e. The van der Waals surface area contributed by atoms with Gasteiger partial charge in [-0.05, 0) is 61.7 Å². The minimum Gasteiger partial charge on any atom is -0.307 e. The highest BCUT2D eigenvalue weighted by molar-refractivity contribution is 6.30. The van der Waals surface area contributed by atoms with Crippen LogP contribution in [0, 0.1) is 13.8 Å². The number of aryl methyl sites for hydroxylation is 1. The van der Waals surface area contributed by atoms with Crippen molar-refractivity contribution in [2.24, 2.45) is 4.99 Å². The zero-order valence-corrected chi connectivity index (χ0v) is 14.6. The zero-order valence-electron chi connectivity index (χ0n) is 13.8. The molecule has 0 aromatic heterocycles. The van der Waals surface area contributed by atoms with Crippen molar-refractivity contribution >= 4 is 34.8 Å². The molecule has 24 heavy (non-hydrogen) atoms. The lowest BCUT2D eigenvalue weighted by Crippen LogP contribution is -2.40. The molecular weight excluding hydrogens is 322 g/mol. The number of anilines is 2. The number of nitrogens with one attached hydrogen (secondary N) is 1. The lowest BCUT2D eigenvalue weighted by Gasteiger charge is -2.25. The van der Waals surface area contributed by atoms with Gasteiger partial charge >= 0.3 is 6.03 Å². The van der Waals surface area contributed by atoms with E-state index in [-0.39, 0.29) is 6.03 Å². The molecule has 0 radical (unpaired) electrons. The molecule has 0 unspecified atom stereocenters. The van der Waals surface area contributed by atoms with Crippen molar-refractivity contribution in [1.29, 1.82) is 0 Å². The fraction of sp³-hybridized carbons (Fsp3) is 0.263. The number of rotatable bonds is 2. The van der Waals surface area contributed by atoms with Crippen LogP contribution in [0.4, 0.5) is 16.2 Å². The van der Waals surface area contributed by atoms with Crippen LogP contribution in [-0.4, -0.2) is 18.4 Å². The number of amides is 2. The van der Waals surface area contributed by atoms with Crippen LogP contribution >= 0.6 is 11.6 Å². The summed E-state index contributed by atoms with van der Waals surface area (Å²) in [6.45, 7) is 4.85. The first-order valence-electron chi connectivity index (χ1n) is 8.02. The Kier molecular flexibility index (Phi) is 4.86. The predicted molar refractivity (Wildman–Crippen MR) is 100 cm³/mol. The fourth-order valence-corrected chi connectivity index (χ4v) is 2.89. The molecule has 3 rings (SSSR count). The molecule has 0 spiro atoms. The van der Waals surface area contributed by atoms with Crippen molar-refractivity contribution in [3.05, 3.63) is 58.6 Å². The van der Waals surface area contributed by atoms with Crippen LogP contribution in [0.15, 0.2) is 47.5 Å². The molecule has 0 saturated carbocycles.